The highest BCUT2D eigenvalue weighted by Crippen LogP contribution is 2.01. The molecule has 0 unspecified atom stereocenters. The summed E-state index contributed by atoms with van der Waals surface area (Å²) in [5.74, 6) is -1.20. The van der Waals surface area contributed by atoms with Crippen LogP contribution in [0.25, 0.3) is 0 Å². The van der Waals surface area contributed by atoms with Gasteiger partial charge in [0.1, 0.15) is 6.61 Å². The lowest BCUT2D eigenvalue weighted by molar-refractivity contribution is -0.146. The maximum Gasteiger partial charge on any atom is 0.305 e. The fourth-order valence-electron chi connectivity index (χ4n) is 1.88. The van der Waals surface area contributed by atoms with Gasteiger partial charge >= 0.3 is 11.9 Å². The van der Waals surface area contributed by atoms with Gasteiger partial charge in [-0.05, 0) is 12.8 Å². The summed E-state index contributed by atoms with van der Waals surface area (Å²) < 4.78 is 31.2. The lowest BCUT2D eigenvalue weighted by atomic mass is 10.2. The zero-order valence-electron chi connectivity index (χ0n) is 16.5. The van der Waals surface area contributed by atoms with E-state index in [0.717, 1.165) is 0 Å². The topological polar surface area (TPSA) is 130 Å². The van der Waals surface area contributed by atoms with Crippen molar-refractivity contribution in [3.63, 3.8) is 0 Å². The van der Waals surface area contributed by atoms with Crippen molar-refractivity contribution in [1.82, 2.24) is 0 Å². The highest BCUT2D eigenvalue weighted by molar-refractivity contribution is 5.69. The second-order valence-corrected chi connectivity index (χ2v) is 5.61. The third kappa shape index (κ3) is 22.7. The zero-order valence-corrected chi connectivity index (χ0v) is 16.5. The van der Waals surface area contributed by atoms with E-state index in [1.54, 1.807) is 0 Å². The van der Waals surface area contributed by atoms with Crippen LogP contribution in [0.4, 0.5) is 0 Å². The molecule has 0 radical (unpaired) electrons. The number of ether oxygens (including phenoxy) is 6. The Kier molecular flexibility index (Phi) is 21.0. The molecule has 166 valence electrons. The minimum Gasteiger partial charge on any atom is -0.481 e. The second-order valence-electron chi connectivity index (χ2n) is 5.61. The summed E-state index contributed by atoms with van der Waals surface area (Å²) in [6.45, 7) is 4.40. The molecule has 0 aromatic heterocycles. The molecular formula is C18H34O10. The smallest absolute Gasteiger partial charge is 0.305 e. The molecule has 2 N–H and O–H groups in total. The van der Waals surface area contributed by atoms with Crippen molar-refractivity contribution in [2.45, 2.75) is 25.7 Å². The molecule has 0 aromatic rings. The molecule has 10 heteroatoms. The van der Waals surface area contributed by atoms with Crippen molar-refractivity contribution in [2.24, 2.45) is 0 Å². The Labute approximate surface area is 166 Å². The van der Waals surface area contributed by atoms with Crippen LogP contribution < -0.4 is 0 Å². The molecule has 0 aromatic carbocycles. The van der Waals surface area contributed by atoms with Crippen LogP contribution in [-0.2, 0) is 38.0 Å². The standard InChI is InChI=1S/C18H34O10/c19-5-6-23-7-8-24-9-10-25-11-12-26-13-14-27-15-16-28-18(22)4-2-1-3-17(20)21/h19H,1-16H2,(H,20,21). The Balaban J connectivity index is 3.11. The highest BCUT2D eigenvalue weighted by Gasteiger charge is 2.04. The van der Waals surface area contributed by atoms with Crippen LogP contribution in [0.15, 0.2) is 0 Å². The Morgan fingerprint density at radius 2 is 0.964 bits per heavy atom. The molecule has 0 atom stereocenters. The molecule has 0 aliphatic carbocycles. The summed E-state index contributed by atoms with van der Waals surface area (Å²) in [5.41, 5.74) is 0. The molecule has 28 heavy (non-hydrogen) atoms. The van der Waals surface area contributed by atoms with Gasteiger partial charge in [0.25, 0.3) is 0 Å². The monoisotopic (exact) mass is 410 g/mol. The third-order valence-electron chi connectivity index (χ3n) is 3.24. The number of hydrogen-bond donors (Lipinski definition) is 2. The van der Waals surface area contributed by atoms with Gasteiger partial charge < -0.3 is 38.6 Å². The van der Waals surface area contributed by atoms with Gasteiger partial charge in [-0.2, -0.15) is 0 Å². The fraction of sp³-hybridized carbons (Fsp3) is 0.889. The maximum absolute atomic E-state index is 11.4. The fourth-order valence-corrected chi connectivity index (χ4v) is 1.88. The molecule has 0 heterocycles. The van der Waals surface area contributed by atoms with Crippen molar-refractivity contribution in [2.75, 3.05) is 79.3 Å². The van der Waals surface area contributed by atoms with E-state index in [4.69, 9.17) is 38.6 Å². The minimum absolute atomic E-state index is 0.0131. The number of aliphatic hydroxyl groups is 1. The van der Waals surface area contributed by atoms with Gasteiger partial charge in [0.15, 0.2) is 0 Å². The van der Waals surface area contributed by atoms with Gasteiger partial charge in [-0.15, -0.1) is 0 Å². The number of carboxylic acid groups (broad SMARTS) is 1. The number of carbonyl (C=O) groups is 2. The number of unbranched alkanes of at least 4 members (excludes halogenated alkanes) is 1. The number of carboxylic acids is 1. The van der Waals surface area contributed by atoms with E-state index in [9.17, 15) is 9.59 Å². The van der Waals surface area contributed by atoms with E-state index >= 15 is 0 Å². The summed E-state index contributed by atoms with van der Waals surface area (Å²) in [6.07, 6.45) is 1.26. The lowest BCUT2D eigenvalue weighted by Gasteiger charge is -2.08. The maximum atomic E-state index is 11.4. The summed E-state index contributed by atoms with van der Waals surface area (Å²) in [5, 5.41) is 17.0. The second kappa shape index (κ2) is 22.0. The number of hydrogen-bond acceptors (Lipinski definition) is 9. The lowest BCUT2D eigenvalue weighted by Crippen LogP contribution is -2.15. The van der Waals surface area contributed by atoms with Crippen LogP contribution in [0, 0.1) is 0 Å². The molecule has 0 spiro atoms. The quantitative estimate of drug-likeness (QED) is 0.189. The molecule has 0 aliphatic rings. The third-order valence-corrected chi connectivity index (χ3v) is 3.24. The number of esters is 1. The number of aliphatic hydroxyl groups excluding tert-OH is 1. The molecule has 0 saturated carbocycles. The molecule has 0 aliphatic heterocycles. The number of aliphatic carboxylic acids is 1. The predicted molar refractivity (Wildman–Crippen MR) is 98.2 cm³/mol. The Morgan fingerprint density at radius 3 is 1.39 bits per heavy atom. The molecule has 10 nitrogen and oxygen atoms in total. The number of rotatable bonds is 22. The van der Waals surface area contributed by atoms with Crippen LogP contribution >= 0.6 is 0 Å². The van der Waals surface area contributed by atoms with Gasteiger partial charge in [-0.25, -0.2) is 0 Å². The van der Waals surface area contributed by atoms with Gasteiger partial charge in [0, 0.05) is 12.8 Å². The predicted octanol–water partition coefficient (Wildman–Crippen LogP) is 0.250. The first kappa shape index (κ1) is 26.7. The average Bonchev–Trinajstić information content (AvgIpc) is 2.67. The van der Waals surface area contributed by atoms with Gasteiger partial charge in [0.2, 0.25) is 0 Å². The van der Waals surface area contributed by atoms with E-state index < -0.39 is 5.97 Å². The molecule has 0 saturated heterocycles. The Morgan fingerprint density at radius 1 is 0.571 bits per heavy atom. The van der Waals surface area contributed by atoms with E-state index in [2.05, 4.69) is 0 Å². The van der Waals surface area contributed by atoms with Crippen LogP contribution in [-0.4, -0.2) is 101 Å². The van der Waals surface area contributed by atoms with Crippen LogP contribution in [0.2, 0.25) is 0 Å². The minimum atomic E-state index is -0.860. The van der Waals surface area contributed by atoms with Crippen LogP contribution in [0.1, 0.15) is 25.7 Å². The number of carbonyl (C=O) groups excluding carboxylic acids is 1. The molecular weight excluding hydrogens is 376 g/mol. The van der Waals surface area contributed by atoms with Gasteiger partial charge in [-0.3, -0.25) is 9.59 Å². The van der Waals surface area contributed by atoms with E-state index in [0.29, 0.717) is 78.9 Å². The Hall–Kier alpha value is -1.30. The van der Waals surface area contributed by atoms with Crippen LogP contribution in [0.3, 0.4) is 0 Å². The summed E-state index contributed by atoms with van der Waals surface area (Å²) in [4.78, 5) is 21.7. The summed E-state index contributed by atoms with van der Waals surface area (Å²) in [7, 11) is 0. The van der Waals surface area contributed by atoms with E-state index in [-0.39, 0.29) is 32.0 Å². The first-order valence-electron chi connectivity index (χ1n) is 9.53. The first-order chi connectivity index (χ1) is 13.7. The first-order valence-corrected chi connectivity index (χ1v) is 9.53. The summed E-state index contributed by atoms with van der Waals surface area (Å²) >= 11 is 0. The van der Waals surface area contributed by atoms with Crippen molar-refractivity contribution < 1.29 is 48.2 Å². The molecule has 0 rings (SSSR count). The Bertz CT molecular complexity index is 364. The van der Waals surface area contributed by atoms with Gasteiger partial charge in [0.05, 0.1) is 72.7 Å². The average molecular weight is 410 g/mol. The van der Waals surface area contributed by atoms with Crippen molar-refractivity contribution in [3.8, 4) is 0 Å². The van der Waals surface area contributed by atoms with Crippen molar-refractivity contribution in [1.29, 1.82) is 0 Å². The molecule has 0 amide bonds. The zero-order chi connectivity index (χ0) is 20.7. The summed E-state index contributed by atoms with van der Waals surface area (Å²) in [6, 6.07) is 0. The van der Waals surface area contributed by atoms with Crippen molar-refractivity contribution >= 4 is 11.9 Å². The molecule has 0 fully saturated rings. The van der Waals surface area contributed by atoms with E-state index in [1.165, 1.54) is 0 Å². The normalized spacial score (nSPS) is 10.9. The molecule has 0 bridgehead atoms. The largest absolute Gasteiger partial charge is 0.481 e. The van der Waals surface area contributed by atoms with Gasteiger partial charge in [-0.1, -0.05) is 0 Å². The van der Waals surface area contributed by atoms with E-state index in [1.807, 2.05) is 0 Å². The highest BCUT2D eigenvalue weighted by atomic mass is 16.6. The van der Waals surface area contributed by atoms with Crippen molar-refractivity contribution in [3.05, 3.63) is 0 Å². The SMILES string of the molecule is O=C(O)CCCCC(=O)OCCOCCOCCOCCOCCOCCO. The van der Waals surface area contributed by atoms with Crippen LogP contribution in [0.5, 0.6) is 0 Å².